The molecular weight excluding hydrogens is 407 g/mol. The van der Waals surface area contributed by atoms with Crippen LogP contribution >= 0.6 is 23.5 Å². The Morgan fingerprint density at radius 3 is 2.25 bits per heavy atom. The first-order valence-corrected chi connectivity index (χ1v) is 9.66. The maximum absolute atomic E-state index is 12.4. The minimum absolute atomic E-state index is 0.0322. The molecule has 3 rings (SSSR count). The van der Waals surface area contributed by atoms with Crippen molar-refractivity contribution in [2.75, 3.05) is 5.32 Å². The molecular formula is C19H14F3N3OS2. The number of aryl methyl sites for hydroxylation is 1. The van der Waals surface area contributed by atoms with Crippen LogP contribution in [0, 0.1) is 6.92 Å². The van der Waals surface area contributed by atoms with E-state index in [1.807, 2.05) is 19.1 Å². The number of nitrogens with zero attached hydrogens (tertiary/aromatic N) is 2. The molecule has 0 aliphatic rings. The molecule has 0 saturated carbocycles. The average molecular weight is 421 g/mol. The lowest BCUT2D eigenvalue weighted by Gasteiger charge is -2.11. The van der Waals surface area contributed by atoms with Gasteiger partial charge in [-0.2, -0.15) is 13.2 Å². The summed E-state index contributed by atoms with van der Waals surface area (Å²) in [5.41, 5.74) is -2.61. The van der Waals surface area contributed by atoms with Gasteiger partial charge in [-0.05, 0) is 84.5 Å². The van der Waals surface area contributed by atoms with E-state index in [4.69, 9.17) is 0 Å². The second kappa shape index (κ2) is 8.66. The number of thioether (sulfide) groups is 1. The second-order valence-electron chi connectivity index (χ2n) is 5.64. The van der Waals surface area contributed by atoms with Crippen molar-refractivity contribution in [1.82, 2.24) is 9.97 Å². The molecule has 1 amide bonds. The van der Waals surface area contributed by atoms with E-state index in [1.54, 1.807) is 24.5 Å². The van der Waals surface area contributed by atoms with Gasteiger partial charge in [-0.1, -0.05) is 0 Å². The Hall–Kier alpha value is -2.52. The number of hydrogen-bond donors (Lipinski definition) is 1. The molecule has 2 aromatic carbocycles. The van der Waals surface area contributed by atoms with Gasteiger partial charge in [0, 0.05) is 33.4 Å². The van der Waals surface area contributed by atoms with Crippen molar-refractivity contribution in [3.63, 3.8) is 0 Å². The lowest BCUT2D eigenvalue weighted by Crippen LogP contribution is -2.12. The van der Waals surface area contributed by atoms with E-state index in [9.17, 15) is 18.0 Å². The molecule has 0 fully saturated rings. The van der Waals surface area contributed by atoms with E-state index < -0.39 is 11.4 Å². The van der Waals surface area contributed by atoms with Crippen molar-refractivity contribution in [2.24, 2.45) is 0 Å². The van der Waals surface area contributed by atoms with Gasteiger partial charge in [0.2, 0.25) is 0 Å². The van der Waals surface area contributed by atoms with E-state index in [1.165, 1.54) is 36.0 Å². The van der Waals surface area contributed by atoms with Crippen molar-refractivity contribution in [2.45, 2.75) is 27.4 Å². The number of halogens is 3. The highest BCUT2D eigenvalue weighted by Crippen LogP contribution is 2.36. The number of rotatable bonds is 5. The summed E-state index contributed by atoms with van der Waals surface area (Å²) in [6, 6.07) is 12.5. The summed E-state index contributed by atoms with van der Waals surface area (Å²) in [7, 11) is 0. The predicted molar refractivity (Wildman–Crippen MR) is 104 cm³/mol. The van der Waals surface area contributed by atoms with Gasteiger partial charge < -0.3 is 5.32 Å². The third-order valence-corrected chi connectivity index (χ3v) is 5.17. The Labute approximate surface area is 168 Å². The summed E-state index contributed by atoms with van der Waals surface area (Å²) in [5.74, 6) is -0.390. The molecule has 0 unspecified atom stereocenters. The molecule has 144 valence electrons. The number of anilines is 1. The fourth-order valence-electron chi connectivity index (χ4n) is 2.29. The molecule has 0 bridgehead atoms. The smallest absolute Gasteiger partial charge is 0.322 e. The normalized spacial score (nSPS) is 11.3. The number of nitrogens with one attached hydrogen (secondary N) is 1. The molecule has 4 nitrogen and oxygen atoms in total. The van der Waals surface area contributed by atoms with Gasteiger partial charge in [-0.3, -0.25) is 4.79 Å². The first-order valence-electron chi connectivity index (χ1n) is 8.03. The summed E-state index contributed by atoms with van der Waals surface area (Å²) in [6.07, 6.45) is 3.32. The van der Waals surface area contributed by atoms with Crippen LogP contribution in [0.15, 0.2) is 75.9 Å². The maximum Gasteiger partial charge on any atom is 0.446 e. The van der Waals surface area contributed by atoms with Crippen LogP contribution < -0.4 is 5.32 Å². The van der Waals surface area contributed by atoms with Gasteiger partial charge >= 0.3 is 5.51 Å². The Morgan fingerprint density at radius 2 is 1.64 bits per heavy atom. The van der Waals surface area contributed by atoms with Crippen molar-refractivity contribution in [3.05, 3.63) is 72.1 Å². The van der Waals surface area contributed by atoms with Gasteiger partial charge in [-0.25, -0.2) is 9.97 Å². The highest BCUT2D eigenvalue weighted by Gasteiger charge is 2.29. The Kier molecular flexibility index (Phi) is 6.25. The SMILES string of the molecule is Cc1cc(Sc2ncccn2)ccc1NC(=O)c1ccc(SC(F)(F)F)cc1. The van der Waals surface area contributed by atoms with Crippen LogP contribution in [0.1, 0.15) is 15.9 Å². The maximum atomic E-state index is 12.4. The minimum Gasteiger partial charge on any atom is -0.322 e. The molecule has 0 atom stereocenters. The van der Waals surface area contributed by atoms with Gasteiger partial charge in [0.05, 0.1) is 0 Å². The zero-order valence-electron chi connectivity index (χ0n) is 14.5. The van der Waals surface area contributed by atoms with Gasteiger partial charge in [0.15, 0.2) is 5.16 Å². The monoisotopic (exact) mass is 421 g/mol. The lowest BCUT2D eigenvalue weighted by molar-refractivity contribution is -0.0328. The molecule has 1 N–H and O–H groups in total. The summed E-state index contributed by atoms with van der Waals surface area (Å²) in [5, 5.41) is 3.40. The summed E-state index contributed by atoms with van der Waals surface area (Å²) < 4.78 is 37.1. The molecule has 0 aliphatic carbocycles. The molecule has 0 saturated heterocycles. The Morgan fingerprint density at radius 1 is 1.00 bits per heavy atom. The second-order valence-corrected chi connectivity index (χ2v) is 7.82. The third-order valence-electron chi connectivity index (χ3n) is 3.55. The van der Waals surface area contributed by atoms with Crippen LogP contribution in [0.5, 0.6) is 0 Å². The first kappa shape index (κ1) is 20.2. The highest BCUT2D eigenvalue weighted by atomic mass is 32.2. The number of benzene rings is 2. The molecule has 0 spiro atoms. The van der Waals surface area contributed by atoms with E-state index in [0.717, 1.165) is 10.5 Å². The highest BCUT2D eigenvalue weighted by molar-refractivity contribution is 8.00. The summed E-state index contributed by atoms with van der Waals surface area (Å²) in [4.78, 5) is 21.6. The topological polar surface area (TPSA) is 54.9 Å². The average Bonchev–Trinajstić information content (AvgIpc) is 2.64. The van der Waals surface area contributed by atoms with Crippen LogP contribution in [0.25, 0.3) is 0 Å². The van der Waals surface area contributed by atoms with E-state index in [-0.39, 0.29) is 22.2 Å². The van der Waals surface area contributed by atoms with Crippen LogP contribution in [0.4, 0.5) is 18.9 Å². The van der Waals surface area contributed by atoms with Crippen molar-refractivity contribution in [1.29, 1.82) is 0 Å². The quantitative estimate of drug-likeness (QED) is 0.417. The Balaban J connectivity index is 1.67. The van der Waals surface area contributed by atoms with Crippen molar-refractivity contribution < 1.29 is 18.0 Å². The molecule has 28 heavy (non-hydrogen) atoms. The number of aromatic nitrogens is 2. The Bertz CT molecular complexity index is 964. The number of hydrogen-bond acceptors (Lipinski definition) is 5. The molecule has 9 heteroatoms. The number of carbonyl (C=O) groups excluding carboxylic acids is 1. The first-order chi connectivity index (χ1) is 13.3. The van der Waals surface area contributed by atoms with E-state index in [0.29, 0.717) is 10.8 Å². The fourth-order valence-corrected chi connectivity index (χ4v) is 3.64. The molecule has 1 heterocycles. The van der Waals surface area contributed by atoms with Gasteiger partial charge in [-0.15, -0.1) is 0 Å². The molecule has 3 aromatic rings. The van der Waals surface area contributed by atoms with Crippen LogP contribution in [0.2, 0.25) is 0 Å². The van der Waals surface area contributed by atoms with Crippen LogP contribution in [-0.2, 0) is 0 Å². The zero-order valence-corrected chi connectivity index (χ0v) is 16.2. The zero-order chi connectivity index (χ0) is 20.1. The standard InChI is InChI=1S/C19H14F3N3OS2/c1-12-11-15(27-18-23-9-2-10-24-18)7-8-16(12)25-17(26)13-3-5-14(6-4-13)28-19(20,21)22/h2-11H,1H3,(H,25,26). The van der Waals surface area contributed by atoms with Gasteiger partial charge in [0.1, 0.15) is 0 Å². The van der Waals surface area contributed by atoms with Crippen LogP contribution in [-0.4, -0.2) is 21.4 Å². The van der Waals surface area contributed by atoms with Crippen molar-refractivity contribution in [3.8, 4) is 0 Å². The number of carbonyl (C=O) groups is 1. The molecule has 0 radical (unpaired) electrons. The minimum atomic E-state index is -4.36. The molecule has 0 aliphatic heterocycles. The summed E-state index contributed by atoms with van der Waals surface area (Å²) >= 11 is 1.19. The third kappa shape index (κ3) is 5.74. The predicted octanol–water partition coefficient (Wildman–Crippen LogP) is 5.80. The number of alkyl halides is 3. The lowest BCUT2D eigenvalue weighted by atomic mass is 10.1. The molecule has 1 aromatic heterocycles. The van der Waals surface area contributed by atoms with E-state index >= 15 is 0 Å². The van der Waals surface area contributed by atoms with Crippen molar-refractivity contribution >= 4 is 35.1 Å². The number of amides is 1. The fraction of sp³-hybridized carbons (Fsp3) is 0.105. The summed E-state index contributed by atoms with van der Waals surface area (Å²) in [6.45, 7) is 1.86. The largest absolute Gasteiger partial charge is 0.446 e. The van der Waals surface area contributed by atoms with E-state index in [2.05, 4.69) is 15.3 Å². The van der Waals surface area contributed by atoms with Gasteiger partial charge in [0.25, 0.3) is 5.91 Å². The van der Waals surface area contributed by atoms with Crippen LogP contribution in [0.3, 0.4) is 0 Å².